The molecule has 1 aromatic carbocycles. The van der Waals surface area contributed by atoms with Gasteiger partial charge in [0.15, 0.2) is 5.13 Å². The second kappa shape index (κ2) is 4.86. The van der Waals surface area contributed by atoms with Crippen molar-refractivity contribution in [1.29, 1.82) is 0 Å². The molecular formula is C10H9N3O4S2. The van der Waals surface area contributed by atoms with E-state index in [-0.39, 0.29) is 21.3 Å². The second-order valence-corrected chi connectivity index (χ2v) is 6.05. The van der Waals surface area contributed by atoms with Gasteiger partial charge in [-0.2, -0.15) is 0 Å². The molecule has 9 heteroatoms. The zero-order valence-electron chi connectivity index (χ0n) is 9.40. The maximum absolute atomic E-state index is 12.0. The van der Waals surface area contributed by atoms with Gasteiger partial charge >= 0.3 is 5.97 Å². The highest BCUT2D eigenvalue weighted by Crippen LogP contribution is 2.23. The fraction of sp³-hybridized carbons (Fsp3) is 0. The number of benzene rings is 1. The smallest absolute Gasteiger partial charge is 0.335 e. The number of sulfonamides is 1. The molecule has 0 bridgehead atoms. The number of rotatable bonds is 4. The van der Waals surface area contributed by atoms with Crippen molar-refractivity contribution in [2.24, 2.45) is 0 Å². The van der Waals surface area contributed by atoms with Gasteiger partial charge in [-0.15, -0.1) is 11.3 Å². The molecule has 0 aliphatic carbocycles. The van der Waals surface area contributed by atoms with Crippen molar-refractivity contribution in [1.82, 2.24) is 4.98 Å². The van der Waals surface area contributed by atoms with Crippen LogP contribution in [0.1, 0.15) is 10.4 Å². The van der Waals surface area contributed by atoms with Gasteiger partial charge in [0.25, 0.3) is 10.0 Å². The molecule has 0 unspecified atom stereocenters. The first-order valence-corrected chi connectivity index (χ1v) is 7.31. The Hall–Kier alpha value is -2.13. The van der Waals surface area contributed by atoms with Crippen LogP contribution in [0.25, 0.3) is 0 Å². The molecule has 0 atom stereocenters. The molecule has 0 aliphatic rings. The number of carboxylic acid groups (broad SMARTS) is 1. The van der Waals surface area contributed by atoms with Crippen LogP contribution in [0.2, 0.25) is 0 Å². The van der Waals surface area contributed by atoms with Crippen molar-refractivity contribution in [3.05, 3.63) is 35.3 Å². The predicted octanol–water partition coefficient (Wildman–Crippen LogP) is 1.22. The fourth-order valence-electron chi connectivity index (χ4n) is 1.37. The van der Waals surface area contributed by atoms with E-state index < -0.39 is 16.0 Å². The molecule has 0 saturated heterocycles. The highest BCUT2D eigenvalue weighted by Gasteiger charge is 2.19. The molecule has 7 nitrogen and oxygen atoms in total. The first-order valence-electron chi connectivity index (χ1n) is 4.95. The lowest BCUT2D eigenvalue weighted by Gasteiger charge is -2.08. The molecule has 1 aromatic heterocycles. The molecule has 0 aliphatic heterocycles. The highest BCUT2D eigenvalue weighted by molar-refractivity contribution is 7.93. The van der Waals surface area contributed by atoms with Crippen LogP contribution in [0.5, 0.6) is 0 Å². The number of nitrogen functional groups attached to an aromatic ring is 1. The molecular weight excluding hydrogens is 290 g/mol. The number of nitrogens with one attached hydrogen (secondary N) is 1. The molecule has 0 fully saturated rings. The minimum Gasteiger partial charge on any atom is -0.478 e. The van der Waals surface area contributed by atoms with Crippen molar-refractivity contribution in [2.75, 3.05) is 10.5 Å². The van der Waals surface area contributed by atoms with Gasteiger partial charge in [0, 0.05) is 11.6 Å². The largest absolute Gasteiger partial charge is 0.478 e. The lowest BCUT2D eigenvalue weighted by atomic mass is 10.2. The van der Waals surface area contributed by atoms with Gasteiger partial charge < -0.3 is 10.8 Å². The van der Waals surface area contributed by atoms with Crippen molar-refractivity contribution in [2.45, 2.75) is 4.90 Å². The van der Waals surface area contributed by atoms with Gasteiger partial charge in [0.1, 0.15) is 4.90 Å². The average molecular weight is 299 g/mol. The van der Waals surface area contributed by atoms with E-state index >= 15 is 0 Å². The number of carbonyl (C=O) groups is 1. The maximum atomic E-state index is 12.0. The third-order valence-electron chi connectivity index (χ3n) is 2.20. The van der Waals surface area contributed by atoms with Crippen molar-refractivity contribution in [3.63, 3.8) is 0 Å². The quantitative estimate of drug-likeness (QED) is 0.730. The first-order chi connectivity index (χ1) is 8.90. The maximum Gasteiger partial charge on any atom is 0.335 e. The Morgan fingerprint density at radius 2 is 2.16 bits per heavy atom. The highest BCUT2D eigenvalue weighted by atomic mass is 32.2. The van der Waals surface area contributed by atoms with Gasteiger partial charge in [0.05, 0.1) is 11.3 Å². The van der Waals surface area contributed by atoms with E-state index in [4.69, 9.17) is 10.8 Å². The van der Waals surface area contributed by atoms with E-state index in [2.05, 4.69) is 9.71 Å². The summed E-state index contributed by atoms with van der Waals surface area (Å²) < 4.78 is 26.3. The molecule has 2 aromatic rings. The lowest BCUT2D eigenvalue weighted by molar-refractivity contribution is 0.0697. The zero-order chi connectivity index (χ0) is 14.0. The summed E-state index contributed by atoms with van der Waals surface area (Å²) in [6.07, 6.45) is 1.46. The third kappa shape index (κ3) is 2.83. The van der Waals surface area contributed by atoms with E-state index in [1.807, 2.05) is 0 Å². The molecule has 0 amide bonds. The van der Waals surface area contributed by atoms with Crippen LogP contribution in [0.15, 0.2) is 34.7 Å². The molecule has 4 N–H and O–H groups in total. The number of anilines is 2. The minimum atomic E-state index is -3.88. The standard InChI is InChI=1S/C10H9N3O4S2/c11-7-5-6(9(14)15)1-2-8(7)19(16,17)13-10-12-3-4-18-10/h1-5H,11H2,(H,12,13)(H,14,15). The Morgan fingerprint density at radius 3 is 2.68 bits per heavy atom. The Bertz CT molecular complexity index is 710. The Kier molecular flexibility index (Phi) is 3.40. The van der Waals surface area contributed by atoms with Gasteiger partial charge in [0.2, 0.25) is 0 Å². The second-order valence-electron chi connectivity index (χ2n) is 3.50. The van der Waals surface area contributed by atoms with Gasteiger partial charge in [-0.25, -0.2) is 18.2 Å². The summed E-state index contributed by atoms with van der Waals surface area (Å²) in [6.45, 7) is 0. The molecule has 19 heavy (non-hydrogen) atoms. The SMILES string of the molecule is Nc1cc(C(=O)O)ccc1S(=O)(=O)Nc1nccs1. The number of hydrogen-bond acceptors (Lipinski definition) is 6. The molecule has 0 saturated carbocycles. The average Bonchev–Trinajstić information content (AvgIpc) is 2.80. The summed E-state index contributed by atoms with van der Waals surface area (Å²) in [7, 11) is -3.88. The van der Waals surface area contributed by atoms with E-state index in [9.17, 15) is 13.2 Å². The van der Waals surface area contributed by atoms with Gasteiger partial charge in [-0.1, -0.05) is 0 Å². The molecule has 0 spiro atoms. The molecule has 0 radical (unpaired) electrons. The van der Waals surface area contributed by atoms with Crippen LogP contribution in [0.4, 0.5) is 10.8 Å². The number of nitrogens with zero attached hydrogens (tertiary/aromatic N) is 1. The predicted molar refractivity (Wildman–Crippen MR) is 70.7 cm³/mol. The van der Waals surface area contributed by atoms with E-state index in [0.717, 1.165) is 23.5 Å². The number of nitrogens with two attached hydrogens (primary N) is 1. The number of hydrogen-bond donors (Lipinski definition) is 3. The van der Waals surface area contributed by atoms with Crippen LogP contribution in [-0.2, 0) is 10.0 Å². The topological polar surface area (TPSA) is 122 Å². The normalized spacial score (nSPS) is 11.2. The van der Waals surface area contributed by atoms with Crippen molar-refractivity contribution in [3.8, 4) is 0 Å². The summed E-state index contributed by atoms with van der Waals surface area (Å²) in [5.41, 5.74) is 5.36. The van der Waals surface area contributed by atoms with Gasteiger partial charge in [-0.3, -0.25) is 4.72 Å². The summed E-state index contributed by atoms with van der Waals surface area (Å²) in [6, 6.07) is 3.42. The summed E-state index contributed by atoms with van der Waals surface area (Å²) in [4.78, 5) is 14.3. The van der Waals surface area contributed by atoms with E-state index in [0.29, 0.717) is 0 Å². The lowest BCUT2D eigenvalue weighted by Crippen LogP contribution is -2.15. The molecule has 2 rings (SSSR count). The van der Waals surface area contributed by atoms with Crippen LogP contribution >= 0.6 is 11.3 Å². The number of aromatic carboxylic acids is 1. The Balaban J connectivity index is 2.38. The monoisotopic (exact) mass is 299 g/mol. The van der Waals surface area contributed by atoms with Crippen LogP contribution in [-0.4, -0.2) is 24.5 Å². The molecule has 100 valence electrons. The summed E-state index contributed by atoms with van der Waals surface area (Å²) in [5, 5.41) is 10.6. The van der Waals surface area contributed by atoms with E-state index in [1.165, 1.54) is 12.3 Å². The third-order valence-corrected chi connectivity index (χ3v) is 4.43. The van der Waals surface area contributed by atoms with Crippen LogP contribution in [0, 0.1) is 0 Å². The van der Waals surface area contributed by atoms with Crippen molar-refractivity contribution >= 4 is 38.1 Å². The zero-order valence-corrected chi connectivity index (χ0v) is 11.0. The minimum absolute atomic E-state index is 0.0781. The van der Waals surface area contributed by atoms with Crippen molar-refractivity contribution < 1.29 is 18.3 Å². The summed E-state index contributed by atoms with van der Waals surface area (Å²) in [5.74, 6) is -1.18. The number of carboxylic acids is 1. The number of aromatic nitrogens is 1. The first kappa shape index (κ1) is 13.3. The Morgan fingerprint density at radius 1 is 1.42 bits per heavy atom. The van der Waals surface area contributed by atoms with Crippen LogP contribution < -0.4 is 10.5 Å². The van der Waals surface area contributed by atoms with Crippen LogP contribution in [0.3, 0.4) is 0 Å². The summed E-state index contributed by atoms with van der Waals surface area (Å²) >= 11 is 1.12. The number of thiazole rings is 1. The fourth-order valence-corrected chi connectivity index (χ4v) is 3.27. The Labute approximate surface area is 112 Å². The van der Waals surface area contributed by atoms with Gasteiger partial charge in [-0.05, 0) is 18.2 Å². The molecule has 1 heterocycles. The van der Waals surface area contributed by atoms with E-state index in [1.54, 1.807) is 5.38 Å².